The molecule has 7 heteroatoms. The highest BCUT2D eigenvalue weighted by Crippen LogP contribution is 2.48. The van der Waals surface area contributed by atoms with E-state index >= 15 is 0 Å². The van der Waals surface area contributed by atoms with Crippen molar-refractivity contribution in [3.05, 3.63) is 11.6 Å². The van der Waals surface area contributed by atoms with Crippen molar-refractivity contribution >= 4 is 22.4 Å². The lowest BCUT2D eigenvalue weighted by molar-refractivity contribution is 0.174. The number of aromatic nitrogens is 1. The number of thiazole rings is 1. The quantitative estimate of drug-likeness (QED) is 0.633. The minimum absolute atomic E-state index is 0.364. The van der Waals surface area contributed by atoms with Crippen molar-refractivity contribution in [2.75, 3.05) is 51.3 Å². The van der Waals surface area contributed by atoms with E-state index in [1.165, 1.54) is 12.8 Å². The molecule has 1 aliphatic heterocycles. The predicted octanol–water partition coefficient (Wildman–Crippen LogP) is 1.40. The highest BCUT2D eigenvalue weighted by molar-refractivity contribution is 7.13. The molecule has 1 aromatic heterocycles. The molecule has 2 heterocycles. The molecule has 0 bridgehead atoms. The number of anilines is 1. The number of nitrogens with two attached hydrogens (primary N) is 1. The van der Waals surface area contributed by atoms with Crippen LogP contribution in [0.2, 0.25) is 0 Å². The third-order valence-electron chi connectivity index (χ3n) is 4.66. The van der Waals surface area contributed by atoms with E-state index in [9.17, 15) is 0 Å². The Labute approximate surface area is 136 Å². The van der Waals surface area contributed by atoms with Crippen molar-refractivity contribution < 1.29 is 4.74 Å². The van der Waals surface area contributed by atoms with Crippen LogP contribution in [-0.2, 0) is 4.74 Å². The number of guanidine groups is 1. The van der Waals surface area contributed by atoms with E-state index in [-0.39, 0.29) is 0 Å². The highest BCUT2D eigenvalue weighted by atomic mass is 32.1. The van der Waals surface area contributed by atoms with Crippen LogP contribution in [0.25, 0.3) is 0 Å². The van der Waals surface area contributed by atoms with Crippen molar-refractivity contribution in [1.29, 1.82) is 0 Å². The van der Waals surface area contributed by atoms with Gasteiger partial charge in [-0.3, -0.25) is 4.99 Å². The molecule has 122 valence electrons. The second-order valence-electron chi connectivity index (χ2n) is 6.21. The fourth-order valence-corrected chi connectivity index (χ4v) is 3.53. The van der Waals surface area contributed by atoms with Gasteiger partial charge in [0, 0.05) is 58.0 Å². The van der Waals surface area contributed by atoms with Gasteiger partial charge < -0.3 is 20.3 Å². The topological polar surface area (TPSA) is 67.0 Å². The lowest BCUT2D eigenvalue weighted by Crippen LogP contribution is -2.51. The van der Waals surface area contributed by atoms with Crippen molar-refractivity contribution in [3.63, 3.8) is 0 Å². The van der Waals surface area contributed by atoms with E-state index in [0.717, 1.165) is 50.9 Å². The molecule has 6 nitrogen and oxygen atoms in total. The maximum absolute atomic E-state index is 6.19. The zero-order valence-electron chi connectivity index (χ0n) is 13.2. The second kappa shape index (κ2) is 6.83. The summed E-state index contributed by atoms with van der Waals surface area (Å²) in [5.41, 5.74) is 6.55. The van der Waals surface area contributed by atoms with Crippen LogP contribution in [0.1, 0.15) is 19.3 Å². The molecule has 2 fully saturated rings. The smallest absolute Gasteiger partial charge is 0.191 e. The van der Waals surface area contributed by atoms with Crippen molar-refractivity contribution in [1.82, 2.24) is 9.88 Å². The van der Waals surface area contributed by atoms with Crippen LogP contribution in [0.15, 0.2) is 16.6 Å². The maximum Gasteiger partial charge on any atom is 0.191 e. The van der Waals surface area contributed by atoms with Gasteiger partial charge in [0.1, 0.15) is 0 Å². The fraction of sp³-hybridized carbons (Fsp3) is 0.733. The Morgan fingerprint density at radius 3 is 2.77 bits per heavy atom. The number of piperazine rings is 1. The van der Waals surface area contributed by atoms with Gasteiger partial charge in [-0.15, -0.1) is 11.3 Å². The molecule has 2 aliphatic rings. The van der Waals surface area contributed by atoms with Crippen molar-refractivity contribution in [3.8, 4) is 0 Å². The largest absolute Gasteiger partial charge is 0.385 e. The molecular weight excluding hydrogens is 298 g/mol. The van der Waals surface area contributed by atoms with Crippen LogP contribution >= 0.6 is 11.3 Å². The van der Waals surface area contributed by atoms with E-state index in [4.69, 9.17) is 10.5 Å². The Morgan fingerprint density at radius 1 is 1.41 bits per heavy atom. The van der Waals surface area contributed by atoms with Gasteiger partial charge in [0.25, 0.3) is 0 Å². The van der Waals surface area contributed by atoms with E-state index in [1.54, 1.807) is 18.4 Å². The zero-order chi connectivity index (χ0) is 15.4. The molecule has 22 heavy (non-hydrogen) atoms. The van der Waals surface area contributed by atoms with Gasteiger partial charge in [0.2, 0.25) is 0 Å². The first kappa shape index (κ1) is 15.6. The van der Waals surface area contributed by atoms with Crippen molar-refractivity contribution in [2.45, 2.75) is 19.3 Å². The molecular formula is C15H25N5OS. The van der Waals surface area contributed by atoms with E-state index < -0.39 is 0 Å². The Hall–Kier alpha value is -1.34. The van der Waals surface area contributed by atoms with Gasteiger partial charge in [-0.1, -0.05) is 0 Å². The van der Waals surface area contributed by atoms with Crippen LogP contribution in [0.5, 0.6) is 0 Å². The normalized spacial score (nSPS) is 21.2. The first-order valence-electron chi connectivity index (χ1n) is 7.91. The Bertz CT molecular complexity index is 492. The Morgan fingerprint density at radius 2 is 2.18 bits per heavy atom. The predicted molar refractivity (Wildman–Crippen MR) is 90.5 cm³/mol. The lowest BCUT2D eigenvalue weighted by Gasteiger charge is -2.35. The highest BCUT2D eigenvalue weighted by Gasteiger charge is 2.41. The van der Waals surface area contributed by atoms with Crippen LogP contribution in [0.3, 0.4) is 0 Å². The first-order chi connectivity index (χ1) is 10.7. The summed E-state index contributed by atoms with van der Waals surface area (Å²) >= 11 is 1.69. The summed E-state index contributed by atoms with van der Waals surface area (Å²) in [6.07, 6.45) is 5.46. The van der Waals surface area contributed by atoms with Crippen molar-refractivity contribution in [2.24, 2.45) is 16.1 Å². The molecule has 0 aromatic carbocycles. The minimum Gasteiger partial charge on any atom is -0.385 e. The molecule has 1 saturated carbocycles. The molecule has 0 spiro atoms. The van der Waals surface area contributed by atoms with Crippen LogP contribution in [0, 0.1) is 5.41 Å². The van der Waals surface area contributed by atoms with Gasteiger partial charge >= 0.3 is 0 Å². The maximum atomic E-state index is 6.19. The number of aliphatic imine (C=N–C) groups is 1. The molecule has 3 rings (SSSR count). The van der Waals surface area contributed by atoms with E-state index in [0.29, 0.717) is 11.4 Å². The van der Waals surface area contributed by atoms with Crippen LogP contribution in [0.4, 0.5) is 5.13 Å². The number of hydrogen-bond donors (Lipinski definition) is 1. The molecule has 1 saturated heterocycles. The third-order valence-corrected chi connectivity index (χ3v) is 5.50. The van der Waals surface area contributed by atoms with Crippen LogP contribution in [-0.4, -0.2) is 62.3 Å². The van der Waals surface area contributed by atoms with Crippen LogP contribution < -0.4 is 10.6 Å². The standard InChI is InChI=1S/C15H25N5OS/c1-21-10-4-15(2-3-15)12-18-13(16)19-6-8-20(9-7-19)14-17-5-11-22-14/h5,11H,2-4,6-10,12H2,1H3,(H2,16,18). The third kappa shape index (κ3) is 3.70. The molecule has 2 N–H and O–H groups in total. The van der Waals surface area contributed by atoms with Gasteiger partial charge in [0.05, 0.1) is 0 Å². The Kier molecular flexibility index (Phi) is 4.83. The number of rotatable bonds is 6. The van der Waals surface area contributed by atoms with Gasteiger partial charge in [-0.2, -0.15) is 0 Å². The lowest BCUT2D eigenvalue weighted by atomic mass is 10.0. The van der Waals surface area contributed by atoms with E-state index in [2.05, 4.69) is 19.8 Å². The van der Waals surface area contributed by atoms with Gasteiger partial charge in [-0.25, -0.2) is 4.98 Å². The SMILES string of the molecule is COCCC1(CN=C(N)N2CCN(c3nccs3)CC2)CC1. The monoisotopic (exact) mass is 323 g/mol. The molecule has 0 radical (unpaired) electrons. The Balaban J connectivity index is 1.47. The average Bonchev–Trinajstić information content (AvgIpc) is 3.11. The zero-order valence-corrected chi connectivity index (χ0v) is 14.0. The fourth-order valence-electron chi connectivity index (χ4n) is 2.83. The summed E-state index contributed by atoms with van der Waals surface area (Å²) in [5, 5.41) is 3.12. The molecule has 1 aliphatic carbocycles. The summed E-state index contributed by atoms with van der Waals surface area (Å²) in [4.78, 5) is 13.5. The summed E-state index contributed by atoms with van der Waals surface area (Å²) < 4.78 is 5.19. The average molecular weight is 323 g/mol. The van der Waals surface area contributed by atoms with E-state index in [1.807, 2.05) is 11.6 Å². The molecule has 0 unspecified atom stereocenters. The number of hydrogen-bond acceptors (Lipinski definition) is 5. The first-order valence-corrected chi connectivity index (χ1v) is 8.79. The molecule has 1 aromatic rings. The number of methoxy groups -OCH3 is 1. The number of nitrogens with zero attached hydrogens (tertiary/aromatic N) is 4. The summed E-state index contributed by atoms with van der Waals surface area (Å²) in [7, 11) is 1.76. The number of ether oxygens (including phenoxy) is 1. The molecule has 0 amide bonds. The van der Waals surface area contributed by atoms with Gasteiger partial charge in [-0.05, 0) is 24.7 Å². The minimum atomic E-state index is 0.364. The summed E-state index contributed by atoms with van der Waals surface area (Å²) in [5.74, 6) is 0.697. The summed E-state index contributed by atoms with van der Waals surface area (Å²) in [6.45, 7) is 5.41. The summed E-state index contributed by atoms with van der Waals surface area (Å²) in [6, 6.07) is 0. The second-order valence-corrected chi connectivity index (χ2v) is 7.08. The molecule has 0 atom stereocenters. The van der Waals surface area contributed by atoms with Gasteiger partial charge in [0.15, 0.2) is 11.1 Å².